The molecule has 0 aromatic heterocycles. The molecule has 78 valence electrons. The van der Waals surface area contributed by atoms with Gasteiger partial charge in [0, 0.05) is 0 Å². The molecule has 3 nitrogen and oxygen atoms in total. The van der Waals surface area contributed by atoms with Crippen molar-refractivity contribution in [3.63, 3.8) is 0 Å². The Kier molecular flexibility index (Phi) is 6.22. The van der Waals surface area contributed by atoms with Crippen LogP contribution in [0.1, 0.15) is 10.4 Å². The number of carbonyl (C=O) groups excluding carboxylic acids is 1. The molecular formula is C9H11F2NO2. The molecule has 1 aromatic rings. The molecule has 1 aromatic carbocycles. The monoisotopic (exact) mass is 203 g/mol. The lowest BCUT2D eigenvalue weighted by atomic mass is 10.2. The minimum atomic E-state index is -1.75. The third kappa shape index (κ3) is 4.51. The highest BCUT2D eigenvalue weighted by molar-refractivity contribution is 5.86. The van der Waals surface area contributed by atoms with Gasteiger partial charge in [-0.2, -0.15) is 0 Å². The number of amides is 1. The molecule has 5 heteroatoms. The number of alkyl halides is 2. The number of phenols is 1. The van der Waals surface area contributed by atoms with Crippen LogP contribution in [-0.4, -0.2) is 17.9 Å². The maximum absolute atomic E-state index is 10.9. The third-order valence-corrected chi connectivity index (χ3v) is 1.34. The number of aromatic hydroxyl groups is 1. The van der Waals surface area contributed by atoms with Crippen LogP contribution in [0.2, 0.25) is 0 Å². The first-order chi connectivity index (χ1) is 6.65. The molecule has 0 fully saturated rings. The Morgan fingerprint density at radius 2 is 1.79 bits per heavy atom. The van der Waals surface area contributed by atoms with E-state index in [-0.39, 0.29) is 11.7 Å². The van der Waals surface area contributed by atoms with Crippen molar-refractivity contribution in [3.05, 3.63) is 36.9 Å². The zero-order chi connectivity index (χ0) is 11.0. The first-order valence-electron chi connectivity index (χ1n) is 3.73. The Hall–Kier alpha value is -1.49. The number of phenolic OH excluding ortho intramolecular Hbond substituents is 1. The van der Waals surface area contributed by atoms with Gasteiger partial charge in [-0.1, -0.05) is 0 Å². The van der Waals surface area contributed by atoms with Gasteiger partial charge in [-0.15, -0.1) is 7.05 Å². The third-order valence-electron chi connectivity index (χ3n) is 1.34. The van der Waals surface area contributed by atoms with Crippen molar-refractivity contribution in [2.24, 2.45) is 0 Å². The number of carbonyl (C=O) groups is 1. The fourth-order valence-electron chi connectivity index (χ4n) is 0.744. The molecule has 3 N–H and O–H groups in total. The Morgan fingerprint density at radius 1 is 1.36 bits per heavy atom. The number of hydrogen-bond donors (Lipinski definition) is 2. The lowest BCUT2D eigenvalue weighted by molar-refractivity contribution is -0.489. The van der Waals surface area contributed by atoms with E-state index in [9.17, 15) is 13.6 Å². The fourth-order valence-corrected chi connectivity index (χ4v) is 0.744. The summed E-state index contributed by atoms with van der Waals surface area (Å²) in [6.07, 6.45) is 0. The van der Waals surface area contributed by atoms with Crippen LogP contribution in [0.5, 0.6) is 5.75 Å². The van der Waals surface area contributed by atoms with E-state index in [4.69, 9.17) is 5.11 Å². The van der Waals surface area contributed by atoms with Crippen LogP contribution in [0, 0.1) is 7.05 Å². The van der Waals surface area contributed by atoms with Crippen LogP contribution in [0.4, 0.5) is 8.78 Å². The zero-order valence-electron chi connectivity index (χ0n) is 7.41. The average molecular weight is 203 g/mol. The predicted octanol–water partition coefficient (Wildman–Crippen LogP) is 0.770. The van der Waals surface area contributed by atoms with Crippen molar-refractivity contribution in [2.45, 2.75) is 0 Å². The Balaban J connectivity index is 0.000000500. The summed E-state index contributed by atoms with van der Waals surface area (Å²) in [5.74, 6) is 0.0237. The van der Waals surface area contributed by atoms with Gasteiger partial charge in [-0.05, 0) is 24.3 Å². The molecule has 0 aliphatic rings. The minimum Gasteiger partial charge on any atom is -0.508 e. The molecule has 0 aliphatic heterocycles. The van der Waals surface area contributed by atoms with Gasteiger partial charge in [0.2, 0.25) is 6.93 Å². The number of hydrogen-bond acceptors (Lipinski definition) is 2. The molecule has 0 bridgehead atoms. The van der Waals surface area contributed by atoms with Gasteiger partial charge in [0.15, 0.2) is 0 Å². The smallest absolute Gasteiger partial charge is 0.316 e. The van der Waals surface area contributed by atoms with Crippen molar-refractivity contribution in [1.29, 1.82) is 0 Å². The molecule has 14 heavy (non-hydrogen) atoms. The minimum absolute atomic E-state index is 0.134. The van der Waals surface area contributed by atoms with Crippen LogP contribution in [0.25, 0.3) is 0 Å². The molecule has 0 saturated carbocycles. The summed E-state index contributed by atoms with van der Waals surface area (Å²) in [7, 11) is 3.35. The molecule has 0 spiro atoms. The van der Waals surface area contributed by atoms with Gasteiger partial charge in [-0.25, -0.2) is 13.6 Å². The SMILES string of the molecule is FCF.[CH2-][NH2+]C(=O)c1ccc(O)cc1. The number of benzene rings is 1. The molecule has 0 unspecified atom stereocenters. The number of rotatable bonds is 1. The first kappa shape index (κ1) is 12.5. The number of halogens is 2. The van der Waals surface area contributed by atoms with Gasteiger partial charge >= 0.3 is 5.91 Å². The highest BCUT2D eigenvalue weighted by Gasteiger charge is 2.02. The molecular weight excluding hydrogens is 192 g/mol. The molecule has 0 saturated heterocycles. The van der Waals surface area contributed by atoms with Crippen LogP contribution in [-0.2, 0) is 0 Å². The first-order valence-corrected chi connectivity index (χ1v) is 3.73. The molecule has 1 amide bonds. The second-order valence-electron chi connectivity index (χ2n) is 2.22. The van der Waals surface area contributed by atoms with Gasteiger partial charge in [0.25, 0.3) is 0 Å². The zero-order valence-corrected chi connectivity index (χ0v) is 7.41. The van der Waals surface area contributed by atoms with E-state index in [1.807, 2.05) is 0 Å². The van der Waals surface area contributed by atoms with E-state index >= 15 is 0 Å². The maximum atomic E-state index is 10.9. The summed E-state index contributed by atoms with van der Waals surface area (Å²) in [6, 6.07) is 6.05. The topological polar surface area (TPSA) is 53.9 Å². The Labute approximate surface area is 80.4 Å². The van der Waals surface area contributed by atoms with Crippen molar-refractivity contribution in [3.8, 4) is 5.75 Å². The standard InChI is InChI=1S/C8H9NO2.CH2F2/c1-9-8(11)6-2-4-7(10)5-3-6;2-1-3/h2-5,10H,1,9H2;1H2. The summed E-state index contributed by atoms with van der Waals surface area (Å²) in [5.41, 5.74) is 0.540. The highest BCUT2D eigenvalue weighted by Crippen LogP contribution is 2.08. The second kappa shape index (κ2) is 6.97. The van der Waals surface area contributed by atoms with Crippen molar-refractivity contribution >= 4 is 5.91 Å². The second-order valence-corrected chi connectivity index (χ2v) is 2.22. The van der Waals surface area contributed by atoms with E-state index in [0.29, 0.717) is 5.56 Å². The summed E-state index contributed by atoms with van der Waals surface area (Å²) in [5, 5.41) is 10.1. The van der Waals surface area contributed by atoms with Crippen LogP contribution >= 0.6 is 0 Å². The molecule has 0 atom stereocenters. The van der Waals surface area contributed by atoms with Gasteiger partial charge in [-0.3, -0.25) is 0 Å². The van der Waals surface area contributed by atoms with E-state index in [1.54, 1.807) is 12.1 Å². The van der Waals surface area contributed by atoms with Crippen LogP contribution < -0.4 is 5.32 Å². The van der Waals surface area contributed by atoms with Gasteiger partial charge in [0.05, 0.1) is 5.56 Å². The summed E-state index contributed by atoms with van der Waals surface area (Å²) >= 11 is 0. The largest absolute Gasteiger partial charge is 0.508 e. The van der Waals surface area contributed by atoms with E-state index < -0.39 is 6.93 Å². The van der Waals surface area contributed by atoms with Crippen LogP contribution in [0.3, 0.4) is 0 Å². The van der Waals surface area contributed by atoms with Gasteiger partial charge < -0.3 is 10.4 Å². The van der Waals surface area contributed by atoms with Crippen molar-refractivity contribution in [1.82, 2.24) is 0 Å². The quantitative estimate of drug-likeness (QED) is 0.662. The van der Waals surface area contributed by atoms with Gasteiger partial charge in [0.1, 0.15) is 5.75 Å². The highest BCUT2D eigenvalue weighted by atomic mass is 19.3. The number of nitrogens with two attached hydrogens (primary N) is 1. The summed E-state index contributed by atoms with van der Waals surface area (Å²) in [4.78, 5) is 10.9. The number of primary amides is 1. The predicted molar refractivity (Wildman–Crippen MR) is 46.8 cm³/mol. The Morgan fingerprint density at radius 3 is 2.14 bits per heavy atom. The normalized spacial score (nSPS) is 8.79. The van der Waals surface area contributed by atoms with Crippen molar-refractivity contribution in [2.75, 3.05) is 6.93 Å². The summed E-state index contributed by atoms with van der Waals surface area (Å²) < 4.78 is 19.2. The van der Waals surface area contributed by atoms with Crippen LogP contribution in [0.15, 0.2) is 24.3 Å². The summed E-state index contributed by atoms with van der Waals surface area (Å²) in [6.45, 7) is -1.75. The molecule has 0 radical (unpaired) electrons. The van der Waals surface area contributed by atoms with E-state index in [0.717, 1.165) is 0 Å². The molecule has 0 aliphatic carbocycles. The Bertz CT molecular complexity index is 275. The van der Waals surface area contributed by atoms with E-state index in [2.05, 4.69) is 7.05 Å². The maximum Gasteiger partial charge on any atom is 0.316 e. The molecule has 1 rings (SSSR count). The molecule has 0 heterocycles. The average Bonchev–Trinajstić information content (AvgIpc) is 2.19. The number of quaternary nitrogens is 1. The van der Waals surface area contributed by atoms with Crippen molar-refractivity contribution < 1.29 is 24.0 Å². The van der Waals surface area contributed by atoms with E-state index in [1.165, 1.54) is 17.4 Å². The lowest BCUT2D eigenvalue weighted by Gasteiger charge is -1.97. The fraction of sp³-hybridized carbons (Fsp3) is 0.111. The lowest BCUT2D eigenvalue weighted by Crippen LogP contribution is -2.81.